The molecule has 6 heteroatoms. The van der Waals surface area contributed by atoms with Gasteiger partial charge in [-0.3, -0.25) is 9.59 Å². The van der Waals surface area contributed by atoms with Crippen molar-refractivity contribution >= 4 is 40.7 Å². The fourth-order valence-corrected chi connectivity index (χ4v) is 3.37. The molecule has 1 aliphatic rings. The molecule has 1 fully saturated rings. The normalized spacial score (nSPS) is 21.2. The fourth-order valence-electron chi connectivity index (χ4n) is 2.92. The topological polar surface area (TPSA) is 58.2 Å². The third kappa shape index (κ3) is 5.38. The average molecular weight is 371 g/mol. The van der Waals surface area contributed by atoms with Crippen LogP contribution in [0, 0.1) is 11.8 Å². The first kappa shape index (κ1) is 19.1. The molecule has 0 heterocycles. The van der Waals surface area contributed by atoms with E-state index >= 15 is 0 Å². The molecule has 1 saturated carbocycles. The van der Waals surface area contributed by atoms with Crippen LogP contribution < -0.4 is 10.6 Å². The molecule has 0 radical (unpaired) electrons. The Kier molecular flexibility index (Phi) is 6.16. The summed E-state index contributed by atoms with van der Waals surface area (Å²) in [6.07, 6.45) is 2.88. The zero-order valence-corrected chi connectivity index (χ0v) is 15.8. The van der Waals surface area contributed by atoms with Crippen molar-refractivity contribution in [1.29, 1.82) is 0 Å². The molecule has 0 bridgehead atoms. The predicted octanol–water partition coefficient (Wildman–Crippen LogP) is 4.65. The second kappa shape index (κ2) is 7.75. The van der Waals surface area contributed by atoms with Crippen molar-refractivity contribution < 1.29 is 9.59 Å². The molecule has 2 N–H and O–H groups in total. The maximum Gasteiger partial charge on any atom is 0.227 e. The molecule has 0 spiro atoms. The van der Waals surface area contributed by atoms with Crippen LogP contribution in [0.3, 0.4) is 0 Å². The third-order valence-electron chi connectivity index (χ3n) is 4.16. The number of amides is 2. The summed E-state index contributed by atoms with van der Waals surface area (Å²) in [6.45, 7) is 5.92. The number of carbonyl (C=O) groups excluding carboxylic acids is 2. The summed E-state index contributed by atoms with van der Waals surface area (Å²) in [5.74, 6) is -0.0566. The van der Waals surface area contributed by atoms with E-state index in [0.717, 1.165) is 12.8 Å². The van der Waals surface area contributed by atoms with Gasteiger partial charge in [0.2, 0.25) is 11.8 Å². The lowest BCUT2D eigenvalue weighted by molar-refractivity contribution is -0.129. The molecule has 1 aliphatic carbocycles. The number of hydrogen-bond acceptors (Lipinski definition) is 2. The summed E-state index contributed by atoms with van der Waals surface area (Å²) in [4.78, 5) is 24.6. The van der Waals surface area contributed by atoms with E-state index in [-0.39, 0.29) is 29.2 Å². The molecule has 2 amide bonds. The lowest BCUT2D eigenvalue weighted by Crippen LogP contribution is -2.45. The second-order valence-electron chi connectivity index (χ2n) is 7.40. The van der Waals surface area contributed by atoms with Crippen molar-refractivity contribution in [3.63, 3.8) is 0 Å². The van der Waals surface area contributed by atoms with Crippen molar-refractivity contribution in [2.75, 3.05) is 5.32 Å². The Morgan fingerprint density at radius 2 is 1.54 bits per heavy atom. The first-order valence-electron chi connectivity index (χ1n) is 8.23. The van der Waals surface area contributed by atoms with E-state index in [9.17, 15) is 9.59 Å². The van der Waals surface area contributed by atoms with Gasteiger partial charge in [-0.15, -0.1) is 0 Å². The molecule has 24 heavy (non-hydrogen) atoms. The lowest BCUT2D eigenvalue weighted by Gasteiger charge is -2.30. The van der Waals surface area contributed by atoms with Gasteiger partial charge >= 0.3 is 0 Å². The highest BCUT2D eigenvalue weighted by molar-refractivity contribution is 6.36. The molecular weight excluding hydrogens is 347 g/mol. The van der Waals surface area contributed by atoms with E-state index in [1.165, 1.54) is 0 Å². The van der Waals surface area contributed by atoms with Crippen molar-refractivity contribution in [3.05, 3.63) is 28.2 Å². The largest absolute Gasteiger partial charge is 0.351 e. The number of hydrogen-bond donors (Lipinski definition) is 2. The van der Waals surface area contributed by atoms with Crippen molar-refractivity contribution in [2.24, 2.45) is 11.8 Å². The zero-order chi connectivity index (χ0) is 17.9. The minimum absolute atomic E-state index is 0.00704. The van der Waals surface area contributed by atoms with Gasteiger partial charge in [-0.25, -0.2) is 0 Å². The molecule has 2 rings (SSSR count). The van der Waals surface area contributed by atoms with Gasteiger partial charge < -0.3 is 10.6 Å². The third-order valence-corrected chi connectivity index (χ3v) is 4.70. The van der Waals surface area contributed by atoms with Crippen LogP contribution in [0.2, 0.25) is 10.0 Å². The quantitative estimate of drug-likeness (QED) is 0.812. The molecule has 0 atom stereocenters. The molecule has 1 aromatic rings. The number of benzene rings is 1. The summed E-state index contributed by atoms with van der Waals surface area (Å²) in [5, 5.41) is 6.83. The van der Waals surface area contributed by atoms with Gasteiger partial charge in [0.1, 0.15) is 0 Å². The fraction of sp³-hybridized carbons (Fsp3) is 0.556. The predicted molar refractivity (Wildman–Crippen MR) is 98.4 cm³/mol. The Labute approximate surface area is 153 Å². The molecule has 132 valence electrons. The average Bonchev–Trinajstić information content (AvgIpc) is 2.48. The van der Waals surface area contributed by atoms with Gasteiger partial charge in [-0.05, 0) is 64.7 Å². The summed E-state index contributed by atoms with van der Waals surface area (Å²) in [5.41, 5.74) is 0.343. The standard InChI is InChI=1S/C18H24Cl2N2O2/c1-18(2,3)22-17(24)12-6-4-11(5-7-12)16(23)21-15-9-8-13(19)10-14(15)20/h8-12H,4-7H2,1-3H3,(H,21,23)(H,22,24). The van der Waals surface area contributed by atoms with Crippen LogP contribution in [0.1, 0.15) is 46.5 Å². The number of rotatable bonds is 3. The Bertz CT molecular complexity index is 618. The summed E-state index contributed by atoms with van der Waals surface area (Å²) in [7, 11) is 0. The Balaban J connectivity index is 1.87. The van der Waals surface area contributed by atoms with E-state index in [1.807, 2.05) is 20.8 Å². The summed E-state index contributed by atoms with van der Waals surface area (Å²) < 4.78 is 0. The Morgan fingerprint density at radius 1 is 1.00 bits per heavy atom. The minimum Gasteiger partial charge on any atom is -0.351 e. The van der Waals surface area contributed by atoms with Crippen LogP contribution in [-0.4, -0.2) is 17.4 Å². The second-order valence-corrected chi connectivity index (χ2v) is 8.24. The van der Waals surface area contributed by atoms with Crippen LogP contribution in [-0.2, 0) is 9.59 Å². The molecule has 0 aliphatic heterocycles. The van der Waals surface area contributed by atoms with E-state index in [2.05, 4.69) is 10.6 Å². The number of carbonyl (C=O) groups is 2. The van der Waals surface area contributed by atoms with Crippen LogP contribution in [0.25, 0.3) is 0 Å². The molecule has 0 unspecified atom stereocenters. The molecule has 0 saturated heterocycles. The first-order chi connectivity index (χ1) is 11.2. The first-order valence-corrected chi connectivity index (χ1v) is 8.99. The van der Waals surface area contributed by atoms with Crippen LogP contribution in [0.5, 0.6) is 0 Å². The smallest absolute Gasteiger partial charge is 0.227 e. The van der Waals surface area contributed by atoms with Gasteiger partial charge in [0.05, 0.1) is 10.7 Å². The van der Waals surface area contributed by atoms with Gasteiger partial charge in [0.25, 0.3) is 0 Å². The van der Waals surface area contributed by atoms with Gasteiger partial charge in [0.15, 0.2) is 0 Å². The van der Waals surface area contributed by atoms with E-state index in [0.29, 0.717) is 28.6 Å². The summed E-state index contributed by atoms with van der Waals surface area (Å²) in [6, 6.07) is 4.99. The number of halogens is 2. The van der Waals surface area contributed by atoms with Crippen molar-refractivity contribution in [2.45, 2.75) is 52.0 Å². The zero-order valence-electron chi connectivity index (χ0n) is 14.3. The highest BCUT2D eigenvalue weighted by Gasteiger charge is 2.31. The highest BCUT2D eigenvalue weighted by atomic mass is 35.5. The molecule has 0 aromatic heterocycles. The van der Waals surface area contributed by atoms with E-state index in [4.69, 9.17) is 23.2 Å². The Hall–Kier alpha value is -1.26. The van der Waals surface area contributed by atoms with Crippen LogP contribution >= 0.6 is 23.2 Å². The van der Waals surface area contributed by atoms with Crippen LogP contribution in [0.4, 0.5) is 5.69 Å². The maximum absolute atomic E-state index is 12.4. The lowest BCUT2D eigenvalue weighted by atomic mass is 9.81. The summed E-state index contributed by atoms with van der Waals surface area (Å²) >= 11 is 11.9. The van der Waals surface area contributed by atoms with E-state index < -0.39 is 0 Å². The van der Waals surface area contributed by atoms with Gasteiger partial charge in [0, 0.05) is 22.4 Å². The monoisotopic (exact) mass is 370 g/mol. The van der Waals surface area contributed by atoms with Crippen molar-refractivity contribution in [3.8, 4) is 0 Å². The molecule has 4 nitrogen and oxygen atoms in total. The minimum atomic E-state index is -0.226. The van der Waals surface area contributed by atoms with Crippen LogP contribution in [0.15, 0.2) is 18.2 Å². The number of anilines is 1. The van der Waals surface area contributed by atoms with Gasteiger partial charge in [-0.1, -0.05) is 23.2 Å². The van der Waals surface area contributed by atoms with Crippen molar-refractivity contribution in [1.82, 2.24) is 5.32 Å². The SMILES string of the molecule is CC(C)(C)NC(=O)C1CCC(C(=O)Nc2ccc(Cl)cc2Cl)CC1. The Morgan fingerprint density at radius 3 is 2.04 bits per heavy atom. The van der Waals surface area contributed by atoms with Gasteiger partial charge in [-0.2, -0.15) is 0 Å². The highest BCUT2D eigenvalue weighted by Crippen LogP contribution is 2.31. The maximum atomic E-state index is 12.4. The van der Waals surface area contributed by atoms with E-state index in [1.54, 1.807) is 18.2 Å². The molecular formula is C18H24Cl2N2O2. The number of nitrogens with one attached hydrogen (secondary N) is 2. The molecule has 1 aromatic carbocycles.